The van der Waals surface area contributed by atoms with Crippen LogP contribution in [0.25, 0.3) is 0 Å². The second-order valence-electron chi connectivity index (χ2n) is 5.32. The maximum Gasteiger partial charge on any atom is 0.0657 e. The van der Waals surface area contributed by atoms with Gasteiger partial charge in [-0.25, -0.2) is 0 Å². The molecule has 0 unspecified atom stereocenters. The van der Waals surface area contributed by atoms with Gasteiger partial charge in [0, 0.05) is 32.8 Å². The lowest BCUT2D eigenvalue weighted by molar-refractivity contribution is 0.0192. The molecule has 0 saturated carbocycles. The zero-order valence-electron chi connectivity index (χ0n) is 12.5. The molecular weight excluding hydrogens is 252 g/mol. The molecule has 112 valence electrons. The van der Waals surface area contributed by atoms with E-state index < -0.39 is 0 Å². The van der Waals surface area contributed by atoms with Gasteiger partial charge in [-0.15, -0.1) is 0 Å². The van der Waals surface area contributed by atoms with Crippen molar-refractivity contribution in [2.75, 3.05) is 46.6 Å². The third kappa shape index (κ3) is 4.56. The van der Waals surface area contributed by atoms with E-state index >= 15 is 0 Å². The molecule has 2 rings (SSSR count). The summed E-state index contributed by atoms with van der Waals surface area (Å²) in [7, 11) is 1.75. The number of nitrogens with zero attached hydrogens (tertiary/aromatic N) is 1. The van der Waals surface area contributed by atoms with E-state index in [1.54, 1.807) is 7.11 Å². The second-order valence-corrected chi connectivity index (χ2v) is 5.32. The first-order valence-corrected chi connectivity index (χ1v) is 7.40. The first-order chi connectivity index (χ1) is 9.81. The lowest BCUT2D eigenvalue weighted by Crippen LogP contribution is -2.47. The lowest BCUT2D eigenvalue weighted by atomic mass is 10.1. The number of hydrogen-bond donors (Lipinski definition) is 1. The number of morpholine rings is 1. The monoisotopic (exact) mass is 278 g/mol. The van der Waals surface area contributed by atoms with Gasteiger partial charge < -0.3 is 14.8 Å². The van der Waals surface area contributed by atoms with Crippen LogP contribution in [-0.2, 0) is 9.47 Å². The van der Waals surface area contributed by atoms with E-state index in [1.807, 2.05) is 6.07 Å². The molecular formula is C16H26N2O2. The standard InChI is InChI=1S/C16H26N2O2/c1-14(18-8-10-20-11-9-18)12-17-16(13-19-2)15-6-4-3-5-7-15/h3-7,14,16-17H,8-13H2,1-2H3/t14-,16-/m0/s1. The van der Waals surface area contributed by atoms with Crippen LogP contribution in [0.4, 0.5) is 0 Å². The van der Waals surface area contributed by atoms with Crippen molar-refractivity contribution in [2.45, 2.75) is 19.0 Å². The van der Waals surface area contributed by atoms with Crippen molar-refractivity contribution in [3.63, 3.8) is 0 Å². The summed E-state index contributed by atoms with van der Waals surface area (Å²) >= 11 is 0. The van der Waals surface area contributed by atoms with Crippen molar-refractivity contribution >= 4 is 0 Å². The van der Waals surface area contributed by atoms with Crippen molar-refractivity contribution in [1.29, 1.82) is 0 Å². The van der Waals surface area contributed by atoms with Gasteiger partial charge in [0.2, 0.25) is 0 Å². The van der Waals surface area contributed by atoms with Crippen LogP contribution in [0.5, 0.6) is 0 Å². The van der Waals surface area contributed by atoms with E-state index in [0.717, 1.165) is 32.8 Å². The first-order valence-electron chi connectivity index (χ1n) is 7.40. The Bertz CT molecular complexity index is 366. The maximum absolute atomic E-state index is 5.40. The van der Waals surface area contributed by atoms with E-state index in [4.69, 9.17) is 9.47 Å². The highest BCUT2D eigenvalue weighted by Gasteiger charge is 2.18. The predicted molar refractivity (Wildman–Crippen MR) is 80.9 cm³/mol. The molecule has 20 heavy (non-hydrogen) atoms. The summed E-state index contributed by atoms with van der Waals surface area (Å²) in [5.41, 5.74) is 1.28. The molecule has 0 bridgehead atoms. The molecule has 4 heteroatoms. The zero-order valence-corrected chi connectivity index (χ0v) is 12.5. The summed E-state index contributed by atoms with van der Waals surface area (Å²) in [6, 6.07) is 11.3. The molecule has 0 aromatic heterocycles. The largest absolute Gasteiger partial charge is 0.383 e. The normalized spacial score (nSPS) is 19.7. The van der Waals surface area contributed by atoms with Crippen molar-refractivity contribution in [3.8, 4) is 0 Å². The second kappa shape index (κ2) is 8.37. The van der Waals surface area contributed by atoms with Gasteiger partial charge in [0.1, 0.15) is 0 Å². The van der Waals surface area contributed by atoms with Gasteiger partial charge in [0.25, 0.3) is 0 Å². The van der Waals surface area contributed by atoms with Crippen LogP contribution in [0.2, 0.25) is 0 Å². The highest BCUT2D eigenvalue weighted by atomic mass is 16.5. The molecule has 4 nitrogen and oxygen atoms in total. The van der Waals surface area contributed by atoms with Gasteiger partial charge in [-0.3, -0.25) is 4.90 Å². The van der Waals surface area contributed by atoms with Gasteiger partial charge in [-0.2, -0.15) is 0 Å². The first kappa shape index (κ1) is 15.4. The Balaban J connectivity index is 1.85. The quantitative estimate of drug-likeness (QED) is 0.823. The minimum atomic E-state index is 0.254. The van der Waals surface area contributed by atoms with Gasteiger partial charge >= 0.3 is 0 Å². The third-order valence-electron chi connectivity index (χ3n) is 3.86. The van der Waals surface area contributed by atoms with Crippen molar-refractivity contribution in [1.82, 2.24) is 10.2 Å². The van der Waals surface area contributed by atoms with E-state index in [0.29, 0.717) is 12.6 Å². The lowest BCUT2D eigenvalue weighted by Gasteiger charge is -2.33. The Morgan fingerprint density at radius 1 is 1.25 bits per heavy atom. The van der Waals surface area contributed by atoms with E-state index in [1.165, 1.54) is 5.56 Å². The number of nitrogens with one attached hydrogen (secondary N) is 1. The number of benzene rings is 1. The Labute approximate surface area is 122 Å². The Kier molecular flexibility index (Phi) is 6.47. The van der Waals surface area contributed by atoms with Crippen LogP contribution < -0.4 is 5.32 Å². The minimum Gasteiger partial charge on any atom is -0.383 e. The van der Waals surface area contributed by atoms with Crippen LogP contribution in [0.1, 0.15) is 18.5 Å². The Hall–Kier alpha value is -0.940. The average molecular weight is 278 g/mol. The van der Waals surface area contributed by atoms with Crippen LogP contribution >= 0.6 is 0 Å². The fraction of sp³-hybridized carbons (Fsp3) is 0.625. The summed E-state index contributed by atoms with van der Waals surface area (Å²) in [6.45, 7) is 7.69. The van der Waals surface area contributed by atoms with Crippen molar-refractivity contribution in [3.05, 3.63) is 35.9 Å². The molecule has 1 saturated heterocycles. The number of ether oxygens (including phenoxy) is 2. The zero-order chi connectivity index (χ0) is 14.2. The summed E-state index contributed by atoms with van der Waals surface area (Å²) in [4.78, 5) is 2.48. The average Bonchev–Trinajstić information content (AvgIpc) is 2.53. The molecule has 1 N–H and O–H groups in total. The third-order valence-corrected chi connectivity index (χ3v) is 3.86. The fourth-order valence-electron chi connectivity index (χ4n) is 2.59. The van der Waals surface area contributed by atoms with Gasteiger partial charge in [-0.1, -0.05) is 30.3 Å². The van der Waals surface area contributed by atoms with E-state index in [2.05, 4.69) is 41.4 Å². The minimum absolute atomic E-state index is 0.254. The maximum atomic E-state index is 5.40. The van der Waals surface area contributed by atoms with E-state index in [9.17, 15) is 0 Å². The molecule has 0 spiro atoms. The summed E-state index contributed by atoms with van der Waals surface area (Å²) in [5.74, 6) is 0. The summed E-state index contributed by atoms with van der Waals surface area (Å²) in [6.07, 6.45) is 0. The molecule has 1 aromatic carbocycles. The molecule has 0 aliphatic carbocycles. The number of rotatable bonds is 7. The Morgan fingerprint density at radius 3 is 2.60 bits per heavy atom. The highest BCUT2D eigenvalue weighted by Crippen LogP contribution is 2.13. The SMILES string of the molecule is COC[C@H](NC[C@H](C)N1CCOCC1)c1ccccc1. The predicted octanol–water partition coefficient (Wildman–Crippen LogP) is 1.68. The molecule has 1 heterocycles. The van der Waals surface area contributed by atoms with Gasteiger partial charge in [0.05, 0.1) is 25.9 Å². The van der Waals surface area contributed by atoms with Crippen LogP contribution in [0.15, 0.2) is 30.3 Å². The van der Waals surface area contributed by atoms with Crippen molar-refractivity contribution in [2.24, 2.45) is 0 Å². The molecule has 1 aliphatic heterocycles. The van der Waals surface area contributed by atoms with Gasteiger partial charge in [-0.05, 0) is 12.5 Å². The fourth-order valence-corrected chi connectivity index (χ4v) is 2.59. The summed E-state index contributed by atoms with van der Waals surface area (Å²) < 4.78 is 10.7. The van der Waals surface area contributed by atoms with Crippen LogP contribution in [0.3, 0.4) is 0 Å². The Morgan fingerprint density at radius 2 is 1.95 bits per heavy atom. The number of hydrogen-bond acceptors (Lipinski definition) is 4. The summed E-state index contributed by atoms with van der Waals surface area (Å²) in [5, 5.41) is 3.63. The smallest absolute Gasteiger partial charge is 0.0657 e. The van der Waals surface area contributed by atoms with E-state index in [-0.39, 0.29) is 6.04 Å². The van der Waals surface area contributed by atoms with Crippen LogP contribution in [0, 0.1) is 0 Å². The molecule has 2 atom stereocenters. The molecule has 1 aromatic rings. The number of methoxy groups -OCH3 is 1. The van der Waals surface area contributed by atoms with Crippen molar-refractivity contribution < 1.29 is 9.47 Å². The molecule has 1 aliphatic rings. The molecule has 0 amide bonds. The molecule has 0 radical (unpaired) electrons. The van der Waals surface area contributed by atoms with Crippen LogP contribution in [-0.4, -0.2) is 57.5 Å². The topological polar surface area (TPSA) is 33.7 Å². The van der Waals surface area contributed by atoms with Gasteiger partial charge in [0.15, 0.2) is 0 Å². The highest BCUT2D eigenvalue weighted by molar-refractivity contribution is 5.18. The molecule has 1 fully saturated rings.